The first-order valence-electron chi connectivity index (χ1n) is 7.13. The van der Waals surface area contributed by atoms with Gasteiger partial charge in [-0.15, -0.1) is 0 Å². The lowest BCUT2D eigenvalue weighted by atomic mass is 10.1. The molecule has 3 N–H and O–H groups in total. The fourth-order valence-corrected chi connectivity index (χ4v) is 2.57. The number of ether oxygens (including phenoxy) is 1. The van der Waals surface area contributed by atoms with E-state index in [1.807, 2.05) is 6.07 Å². The van der Waals surface area contributed by atoms with E-state index in [9.17, 15) is 4.79 Å². The molecule has 110 valence electrons. The number of carbonyl (C=O) groups excluding carboxylic acids is 1. The number of nitrogens with two attached hydrogens (primary N) is 1. The quantitative estimate of drug-likeness (QED) is 0.803. The average molecular weight is 277 g/mol. The Morgan fingerprint density at radius 1 is 1.55 bits per heavy atom. The number of nitrogens with zero attached hydrogens (tertiary/aromatic N) is 1. The second-order valence-electron chi connectivity index (χ2n) is 5.03. The van der Waals surface area contributed by atoms with Crippen LogP contribution in [-0.2, 0) is 4.74 Å². The first-order chi connectivity index (χ1) is 9.65. The van der Waals surface area contributed by atoms with Gasteiger partial charge in [0.15, 0.2) is 0 Å². The average Bonchev–Trinajstić information content (AvgIpc) is 2.97. The van der Waals surface area contributed by atoms with Crippen molar-refractivity contribution in [2.75, 3.05) is 37.4 Å². The fourth-order valence-electron chi connectivity index (χ4n) is 2.57. The van der Waals surface area contributed by atoms with Gasteiger partial charge in [0.2, 0.25) is 0 Å². The molecule has 1 aromatic rings. The van der Waals surface area contributed by atoms with Crippen molar-refractivity contribution in [1.82, 2.24) is 5.32 Å². The zero-order valence-electron chi connectivity index (χ0n) is 12.2. The molecule has 1 heterocycles. The largest absolute Gasteiger partial charge is 0.399 e. The van der Waals surface area contributed by atoms with Gasteiger partial charge < -0.3 is 20.7 Å². The standard InChI is InChI=1S/C15H23N3O2/c1-3-18(10-12-5-4-8-20-12)14-9-11(16)6-7-13(14)15(19)17-2/h6-7,9,12H,3-5,8,10,16H2,1-2H3,(H,17,19). The summed E-state index contributed by atoms with van der Waals surface area (Å²) in [6.07, 6.45) is 2.43. The molecule has 0 radical (unpaired) electrons. The third-order valence-corrected chi connectivity index (χ3v) is 3.66. The van der Waals surface area contributed by atoms with E-state index in [2.05, 4.69) is 17.1 Å². The highest BCUT2D eigenvalue weighted by molar-refractivity contribution is 6.00. The lowest BCUT2D eigenvalue weighted by Crippen LogP contribution is -2.34. The summed E-state index contributed by atoms with van der Waals surface area (Å²) in [4.78, 5) is 14.2. The SMILES string of the molecule is CCN(CC1CCCO1)c1cc(N)ccc1C(=O)NC. The Hall–Kier alpha value is -1.75. The number of benzene rings is 1. The fraction of sp³-hybridized carbons (Fsp3) is 0.533. The Morgan fingerprint density at radius 3 is 2.95 bits per heavy atom. The van der Waals surface area contributed by atoms with Gasteiger partial charge in [-0.05, 0) is 38.0 Å². The molecule has 0 aromatic heterocycles. The van der Waals surface area contributed by atoms with E-state index in [1.54, 1.807) is 19.2 Å². The van der Waals surface area contributed by atoms with Gasteiger partial charge in [0.05, 0.1) is 17.4 Å². The van der Waals surface area contributed by atoms with Gasteiger partial charge in [0, 0.05) is 32.4 Å². The molecule has 1 atom stereocenters. The molecule has 1 aromatic carbocycles. The number of hydrogen-bond donors (Lipinski definition) is 2. The van der Waals surface area contributed by atoms with Crippen molar-refractivity contribution in [3.63, 3.8) is 0 Å². The normalized spacial score (nSPS) is 18.0. The third-order valence-electron chi connectivity index (χ3n) is 3.66. The van der Waals surface area contributed by atoms with E-state index in [-0.39, 0.29) is 12.0 Å². The molecular formula is C15H23N3O2. The van der Waals surface area contributed by atoms with Gasteiger partial charge in [-0.1, -0.05) is 0 Å². The first kappa shape index (κ1) is 14.7. The first-order valence-corrected chi connectivity index (χ1v) is 7.13. The summed E-state index contributed by atoms with van der Waals surface area (Å²) < 4.78 is 5.69. The molecule has 1 fully saturated rings. The van der Waals surface area contributed by atoms with Gasteiger partial charge in [-0.3, -0.25) is 4.79 Å². The maximum atomic E-state index is 12.0. The second kappa shape index (κ2) is 6.61. The predicted molar refractivity (Wildman–Crippen MR) is 81.1 cm³/mol. The smallest absolute Gasteiger partial charge is 0.253 e. The molecule has 0 saturated carbocycles. The highest BCUT2D eigenvalue weighted by Gasteiger charge is 2.21. The van der Waals surface area contributed by atoms with E-state index in [0.29, 0.717) is 11.3 Å². The number of rotatable bonds is 5. The summed E-state index contributed by atoms with van der Waals surface area (Å²) in [7, 11) is 1.64. The van der Waals surface area contributed by atoms with Gasteiger partial charge >= 0.3 is 0 Å². The van der Waals surface area contributed by atoms with Crippen LogP contribution in [0.5, 0.6) is 0 Å². The minimum atomic E-state index is -0.0919. The minimum Gasteiger partial charge on any atom is -0.399 e. The molecule has 1 amide bonds. The van der Waals surface area contributed by atoms with Crippen LogP contribution in [0.2, 0.25) is 0 Å². The number of carbonyl (C=O) groups is 1. The Kier molecular flexibility index (Phi) is 4.84. The van der Waals surface area contributed by atoms with E-state index < -0.39 is 0 Å². The van der Waals surface area contributed by atoms with Crippen molar-refractivity contribution in [1.29, 1.82) is 0 Å². The second-order valence-corrected chi connectivity index (χ2v) is 5.03. The monoisotopic (exact) mass is 277 g/mol. The molecular weight excluding hydrogens is 254 g/mol. The molecule has 5 nitrogen and oxygen atoms in total. The molecule has 0 aliphatic carbocycles. The molecule has 0 bridgehead atoms. The molecule has 1 saturated heterocycles. The van der Waals surface area contributed by atoms with Crippen LogP contribution in [0.1, 0.15) is 30.1 Å². The van der Waals surface area contributed by atoms with Crippen LogP contribution in [0.25, 0.3) is 0 Å². The van der Waals surface area contributed by atoms with Crippen LogP contribution in [0.4, 0.5) is 11.4 Å². The molecule has 1 aliphatic heterocycles. The van der Waals surface area contributed by atoms with Crippen LogP contribution < -0.4 is 16.0 Å². The topological polar surface area (TPSA) is 67.6 Å². The summed E-state index contributed by atoms with van der Waals surface area (Å²) in [6.45, 7) is 4.52. The van der Waals surface area contributed by atoms with Crippen molar-refractivity contribution in [3.05, 3.63) is 23.8 Å². The van der Waals surface area contributed by atoms with Gasteiger partial charge in [-0.25, -0.2) is 0 Å². The van der Waals surface area contributed by atoms with Gasteiger partial charge in [0.1, 0.15) is 0 Å². The predicted octanol–water partition coefficient (Wildman–Crippen LogP) is 1.63. The molecule has 5 heteroatoms. The number of anilines is 2. The highest BCUT2D eigenvalue weighted by atomic mass is 16.5. The van der Waals surface area contributed by atoms with Crippen molar-refractivity contribution in [3.8, 4) is 0 Å². The summed E-state index contributed by atoms with van der Waals surface area (Å²) in [5.41, 5.74) is 8.08. The maximum absolute atomic E-state index is 12.0. The van der Waals surface area contributed by atoms with E-state index in [1.165, 1.54) is 0 Å². The van der Waals surface area contributed by atoms with Gasteiger partial charge in [0.25, 0.3) is 5.91 Å². The van der Waals surface area contributed by atoms with E-state index in [0.717, 1.165) is 38.2 Å². The summed E-state index contributed by atoms with van der Waals surface area (Å²) in [5, 5.41) is 2.68. The summed E-state index contributed by atoms with van der Waals surface area (Å²) in [6, 6.07) is 5.40. The number of likely N-dealkylation sites (N-methyl/N-ethyl adjacent to an activating group) is 1. The third kappa shape index (κ3) is 3.22. The van der Waals surface area contributed by atoms with Crippen LogP contribution in [-0.4, -0.2) is 38.8 Å². The van der Waals surface area contributed by atoms with Crippen LogP contribution >= 0.6 is 0 Å². The zero-order chi connectivity index (χ0) is 14.5. The highest BCUT2D eigenvalue weighted by Crippen LogP contribution is 2.25. The molecule has 1 unspecified atom stereocenters. The zero-order valence-corrected chi connectivity index (χ0v) is 12.2. The molecule has 2 rings (SSSR count). The van der Waals surface area contributed by atoms with Crippen molar-refractivity contribution < 1.29 is 9.53 Å². The molecule has 1 aliphatic rings. The van der Waals surface area contributed by atoms with Crippen molar-refractivity contribution in [2.24, 2.45) is 0 Å². The van der Waals surface area contributed by atoms with E-state index in [4.69, 9.17) is 10.5 Å². The lowest BCUT2D eigenvalue weighted by Gasteiger charge is -2.28. The maximum Gasteiger partial charge on any atom is 0.253 e. The van der Waals surface area contributed by atoms with Crippen LogP contribution in [0.3, 0.4) is 0 Å². The van der Waals surface area contributed by atoms with Crippen molar-refractivity contribution >= 4 is 17.3 Å². The number of hydrogen-bond acceptors (Lipinski definition) is 4. The Labute approximate surface area is 120 Å². The van der Waals surface area contributed by atoms with E-state index >= 15 is 0 Å². The van der Waals surface area contributed by atoms with Gasteiger partial charge in [-0.2, -0.15) is 0 Å². The minimum absolute atomic E-state index is 0.0919. The summed E-state index contributed by atoms with van der Waals surface area (Å²) >= 11 is 0. The lowest BCUT2D eigenvalue weighted by molar-refractivity contribution is 0.0962. The number of amides is 1. The molecule has 20 heavy (non-hydrogen) atoms. The Morgan fingerprint density at radius 2 is 2.35 bits per heavy atom. The Bertz CT molecular complexity index is 470. The van der Waals surface area contributed by atoms with Crippen molar-refractivity contribution in [2.45, 2.75) is 25.9 Å². The Balaban J connectivity index is 2.26. The number of nitrogens with one attached hydrogen (secondary N) is 1. The van der Waals surface area contributed by atoms with Crippen LogP contribution in [0.15, 0.2) is 18.2 Å². The molecule has 0 spiro atoms. The van der Waals surface area contributed by atoms with Crippen LogP contribution in [0, 0.1) is 0 Å². The number of nitrogen functional groups attached to an aromatic ring is 1. The summed E-state index contributed by atoms with van der Waals surface area (Å²) in [5.74, 6) is -0.0919.